The number of nitrogens with zero attached hydrogens (tertiary/aromatic N) is 3. The largest absolute Gasteiger partial charge is 0.497 e. The molecule has 0 fully saturated rings. The number of methoxy groups -OCH3 is 1. The number of aromatic nitrogens is 3. The molecule has 0 atom stereocenters. The van der Waals surface area contributed by atoms with Gasteiger partial charge in [0.05, 0.1) is 18.5 Å². The van der Waals surface area contributed by atoms with Gasteiger partial charge in [0.15, 0.2) is 0 Å². The first-order valence-electron chi connectivity index (χ1n) is 10.0. The third-order valence-corrected chi connectivity index (χ3v) is 5.58. The summed E-state index contributed by atoms with van der Waals surface area (Å²) in [5.41, 5.74) is 2.66. The topological polar surface area (TPSA) is 69.0 Å². The molecule has 0 unspecified atom stereocenters. The van der Waals surface area contributed by atoms with E-state index in [9.17, 15) is 4.79 Å². The molecule has 3 aromatic rings. The van der Waals surface area contributed by atoms with Gasteiger partial charge in [0.25, 0.3) is 0 Å². The van der Waals surface area contributed by atoms with Crippen molar-refractivity contribution in [3.63, 3.8) is 0 Å². The highest BCUT2D eigenvalue weighted by Crippen LogP contribution is 2.28. The lowest BCUT2D eigenvalue weighted by Gasteiger charge is -2.15. The summed E-state index contributed by atoms with van der Waals surface area (Å²) in [5.74, 6) is 1.53. The van der Waals surface area contributed by atoms with Crippen molar-refractivity contribution in [2.24, 2.45) is 5.92 Å². The van der Waals surface area contributed by atoms with Crippen LogP contribution >= 0.6 is 11.3 Å². The molecule has 7 heteroatoms. The minimum absolute atomic E-state index is 0.0253. The van der Waals surface area contributed by atoms with Gasteiger partial charge in [-0.1, -0.05) is 38.8 Å². The molecule has 154 valence electrons. The standard InChI is InChI=1S/C22H28N4O2S/c1-5-8-16(9-6-2)21(27)24-20-12-15(3)25-26(20)22-23-19(14-29-22)17-10-7-11-18(13-17)28-4/h7,10-14,16H,5-6,8-9H2,1-4H3,(H,24,27). The van der Waals surface area contributed by atoms with Crippen LogP contribution in [-0.2, 0) is 4.79 Å². The van der Waals surface area contributed by atoms with E-state index in [1.807, 2.05) is 42.6 Å². The molecule has 1 amide bonds. The van der Waals surface area contributed by atoms with Crippen LogP contribution in [0, 0.1) is 12.8 Å². The second-order valence-corrected chi connectivity index (χ2v) is 7.93. The molecule has 6 nitrogen and oxygen atoms in total. The van der Waals surface area contributed by atoms with Gasteiger partial charge >= 0.3 is 0 Å². The van der Waals surface area contributed by atoms with Crippen molar-refractivity contribution in [1.82, 2.24) is 14.8 Å². The molecule has 0 spiro atoms. The molecule has 0 radical (unpaired) electrons. The van der Waals surface area contributed by atoms with Gasteiger partial charge < -0.3 is 10.1 Å². The summed E-state index contributed by atoms with van der Waals surface area (Å²) in [6.45, 7) is 6.14. The molecule has 0 bridgehead atoms. The monoisotopic (exact) mass is 412 g/mol. The average molecular weight is 413 g/mol. The number of rotatable bonds is 9. The third-order valence-electron chi connectivity index (χ3n) is 4.77. The zero-order chi connectivity index (χ0) is 20.8. The van der Waals surface area contributed by atoms with Crippen molar-refractivity contribution < 1.29 is 9.53 Å². The van der Waals surface area contributed by atoms with Gasteiger partial charge in [0.2, 0.25) is 11.0 Å². The lowest BCUT2D eigenvalue weighted by molar-refractivity contribution is -0.120. The molecule has 1 aromatic carbocycles. The first-order chi connectivity index (χ1) is 14.0. The van der Waals surface area contributed by atoms with E-state index in [0.29, 0.717) is 10.9 Å². The Kier molecular flexibility index (Phi) is 7.04. The van der Waals surface area contributed by atoms with E-state index in [4.69, 9.17) is 9.72 Å². The van der Waals surface area contributed by atoms with Gasteiger partial charge in [-0.15, -0.1) is 11.3 Å². The second-order valence-electron chi connectivity index (χ2n) is 7.09. The molecule has 0 aliphatic rings. The molecular formula is C22H28N4O2S. The number of nitrogens with one attached hydrogen (secondary N) is 1. The highest BCUT2D eigenvalue weighted by atomic mass is 32.1. The van der Waals surface area contributed by atoms with Crippen LogP contribution in [0.1, 0.15) is 45.2 Å². The second kappa shape index (κ2) is 9.69. The number of anilines is 1. The van der Waals surface area contributed by atoms with Gasteiger partial charge in [-0.3, -0.25) is 4.79 Å². The molecule has 0 aliphatic carbocycles. The van der Waals surface area contributed by atoms with E-state index < -0.39 is 0 Å². The lowest BCUT2D eigenvalue weighted by atomic mass is 9.97. The minimum Gasteiger partial charge on any atom is -0.497 e. The third kappa shape index (κ3) is 5.03. The molecule has 2 aromatic heterocycles. The quantitative estimate of drug-likeness (QED) is 0.506. The summed E-state index contributed by atoms with van der Waals surface area (Å²) >= 11 is 1.49. The summed E-state index contributed by atoms with van der Waals surface area (Å²) in [5, 5.41) is 10.3. The van der Waals surface area contributed by atoms with E-state index in [1.54, 1.807) is 11.8 Å². The van der Waals surface area contributed by atoms with Gasteiger partial charge in [-0.05, 0) is 31.9 Å². The van der Waals surface area contributed by atoms with E-state index in [2.05, 4.69) is 24.3 Å². The van der Waals surface area contributed by atoms with Crippen LogP contribution in [-0.4, -0.2) is 27.8 Å². The van der Waals surface area contributed by atoms with Crippen LogP contribution in [0.2, 0.25) is 0 Å². The van der Waals surface area contributed by atoms with Crippen molar-refractivity contribution in [2.45, 2.75) is 46.5 Å². The van der Waals surface area contributed by atoms with Crippen LogP contribution in [0.3, 0.4) is 0 Å². The van der Waals surface area contributed by atoms with Crippen molar-refractivity contribution in [2.75, 3.05) is 12.4 Å². The molecule has 2 heterocycles. The van der Waals surface area contributed by atoms with E-state index >= 15 is 0 Å². The highest BCUT2D eigenvalue weighted by Gasteiger charge is 2.20. The number of benzene rings is 1. The maximum absolute atomic E-state index is 12.8. The van der Waals surface area contributed by atoms with Crippen molar-refractivity contribution in [1.29, 1.82) is 0 Å². The number of hydrogen-bond acceptors (Lipinski definition) is 5. The predicted octanol–water partition coefficient (Wildman–Crippen LogP) is 5.47. The number of carbonyl (C=O) groups is 1. The van der Waals surface area contributed by atoms with Crippen molar-refractivity contribution >= 4 is 23.1 Å². The Hall–Kier alpha value is -2.67. The normalized spacial score (nSPS) is 11.1. The Morgan fingerprint density at radius 1 is 1.24 bits per heavy atom. The number of amides is 1. The molecule has 3 rings (SSSR count). The number of carbonyl (C=O) groups excluding carboxylic acids is 1. The van der Waals surface area contributed by atoms with Crippen LogP contribution < -0.4 is 10.1 Å². The maximum Gasteiger partial charge on any atom is 0.228 e. The molecule has 0 saturated carbocycles. The Labute approximate surface area is 175 Å². The van der Waals surface area contributed by atoms with Crippen molar-refractivity contribution in [3.8, 4) is 22.1 Å². The van der Waals surface area contributed by atoms with Gasteiger partial charge in [-0.2, -0.15) is 9.78 Å². The first kappa shape index (κ1) is 21.0. The number of aryl methyl sites for hydroxylation is 1. The fourth-order valence-electron chi connectivity index (χ4n) is 3.34. The van der Waals surface area contributed by atoms with Crippen molar-refractivity contribution in [3.05, 3.63) is 41.4 Å². The highest BCUT2D eigenvalue weighted by molar-refractivity contribution is 7.12. The van der Waals surface area contributed by atoms with E-state index in [1.165, 1.54) is 11.3 Å². The average Bonchev–Trinajstić information content (AvgIpc) is 3.34. The first-order valence-corrected chi connectivity index (χ1v) is 10.9. The summed E-state index contributed by atoms with van der Waals surface area (Å²) < 4.78 is 7.03. The van der Waals surface area contributed by atoms with E-state index in [-0.39, 0.29) is 11.8 Å². The zero-order valence-electron chi connectivity index (χ0n) is 17.4. The maximum atomic E-state index is 12.8. The van der Waals surface area contributed by atoms with Crippen LogP contribution in [0.5, 0.6) is 5.75 Å². The fourth-order valence-corrected chi connectivity index (χ4v) is 4.14. The number of ether oxygens (including phenoxy) is 1. The molecular weight excluding hydrogens is 384 g/mol. The molecule has 0 aliphatic heterocycles. The minimum atomic E-state index is 0.0253. The van der Waals surface area contributed by atoms with Crippen LogP contribution in [0.25, 0.3) is 16.4 Å². The molecule has 1 N–H and O–H groups in total. The van der Waals surface area contributed by atoms with Gasteiger partial charge in [0.1, 0.15) is 11.6 Å². The Balaban J connectivity index is 1.85. The number of thiazole rings is 1. The Morgan fingerprint density at radius 2 is 2.00 bits per heavy atom. The molecule has 29 heavy (non-hydrogen) atoms. The number of hydrogen-bond donors (Lipinski definition) is 1. The Morgan fingerprint density at radius 3 is 2.69 bits per heavy atom. The van der Waals surface area contributed by atoms with Crippen LogP contribution in [0.15, 0.2) is 35.7 Å². The predicted molar refractivity (Wildman–Crippen MR) is 118 cm³/mol. The van der Waals surface area contributed by atoms with Gasteiger partial charge in [0, 0.05) is 22.9 Å². The van der Waals surface area contributed by atoms with Crippen LogP contribution in [0.4, 0.5) is 5.82 Å². The SMILES string of the molecule is CCCC(CCC)C(=O)Nc1cc(C)nn1-c1nc(-c2cccc(OC)c2)cs1. The zero-order valence-corrected chi connectivity index (χ0v) is 18.3. The fraction of sp³-hybridized carbons (Fsp3) is 0.409. The molecule has 0 saturated heterocycles. The summed E-state index contributed by atoms with van der Waals surface area (Å²) in [7, 11) is 1.65. The lowest BCUT2D eigenvalue weighted by Crippen LogP contribution is -2.24. The summed E-state index contributed by atoms with van der Waals surface area (Å²) in [4.78, 5) is 17.5. The smallest absolute Gasteiger partial charge is 0.228 e. The van der Waals surface area contributed by atoms with E-state index in [0.717, 1.165) is 48.4 Å². The Bertz CT molecular complexity index is 957. The summed E-state index contributed by atoms with van der Waals surface area (Å²) in [6, 6.07) is 9.69. The summed E-state index contributed by atoms with van der Waals surface area (Å²) in [6.07, 6.45) is 3.77. The van der Waals surface area contributed by atoms with Gasteiger partial charge in [-0.25, -0.2) is 4.98 Å².